The molecule has 82 valence electrons. The zero-order valence-corrected chi connectivity index (χ0v) is 8.74. The fourth-order valence-electron chi connectivity index (χ4n) is 2.12. The van der Waals surface area contributed by atoms with Crippen molar-refractivity contribution in [2.24, 2.45) is 0 Å². The van der Waals surface area contributed by atoms with Gasteiger partial charge in [-0.15, -0.1) is 0 Å². The number of phenols is 1. The third-order valence-electron chi connectivity index (χ3n) is 2.93. The van der Waals surface area contributed by atoms with Gasteiger partial charge in [-0.05, 0) is 37.4 Å². The van der Waals surface area contributed by atoms with E-state index in [-0.39, 0.29) is 12.6 Å². The summed E-state index contributed by atoms with van der Waals surface area (Å²) in [5.74, 6) is 0.357. The molecule has 0 bridgehead atoms. The summed E-state index contributed by atoms with van der Waals surface area (Å²) in [5.41, 5.74) is 2.05. The Labute approximate surface area is 89.8 Å². The molecule has 2 rings (SSSR count). The van der Waals surface area contributed by atoms with E-state index in [9.17, 15) is 5.11 Å². The molecular formula is C12H17NO2. The van der Waals surface area contributed by atoms with E-state index in [1.807, 2.05) is 12.1 Å². The second-order valence-corrected chi connectivity index (χ2v) is 4.02. The number of benzene rings is 1. The molecule has 1 heterocycles. The van der Waals surface area contributed by atoms with Gasteiger partial charge in [0.15, 0.2) is 0 Å². The molecule has 0 radical (unpaired) electrons. The number of aromatic hydroxyl groups is 1. The number of aliphatic hydroxyl groups is 1. The molecule has 0 aliphatic carbocycles. The van der Waals surface area contributed by atoms with Crippen LogP contribution in [0.5, 0.6) is 5.75 Å². The van der Waals surface area contributed by atoms with E-state index in [1.54, 1.807) is 6.07 Å². The number of hydrogen-bond acceptors (Lipinski definition) is 3. The lowest BCUT2D eigenvalue weighted by Gasteiger charge is -2.13. The Balaban J connectivity index is 2.23. The highest BCUT2D eigenvalue weighted by Gasteiger charge is 2.19. The summed E-state index contributed by atoms with van der Waals surface area (Å²) in [6, 6.07) is 5.86. The predicted molar refractivity (Wildman–Crippen MR) is 58.9 cm³/mol. The van der Waals surface area contributed by atoms with Gasteiger partial charge in [-0.25, -0.2) is 0 Å². The molecule has 0 aromatic heterocycles. The van der Waals surface area contributed by atoms with Crippen LogP contribution in [-0.4, -0.2) is 23.4 Å². The topological polar surface area (TPSA) is 52.5 Å². The van der Waals surface area contributed by atoms with E-state index in [2.05, 4.69) is 5.32 Å². The molecule has 1 aromatic carbocycles. The maximum Gasteiger partial charge on any atom is 0.120 e. The third-order valence-corrected chi connectivity index (χ3v) is 2.93. The van der Waals surface area contributed by atoms with Crippen molar-refractivity contribution in [2.45, 2.75) is 25.3 Å². The summed E-state index contributed by atoms with van der Waals surface area (Å²) in [4.78, 5) is 0. The Bertz CT molecular complexity index is 332. The van der Waals surface area contributed by atoms with Gasteiger partial charge in [0.1, 0.15) is 5.75 Å². The Morgan fingerprint density at radius 3 is 2.93 bits per heavy atom. The van der Waals surface area contributed by atoms with E-state index >= 15 is 0 Å². The van der Waals surface area contributed by atoms with E-state index in [0.29, 0.717) is 12.2 Å². The van der Waals surface area contributed by atoms with Crippen molar-refractivity contribution in [3.05, 3.63) is 29.3 Å². The number of phenolic OH excluding ortho intramolecular Hbond substituents is 1. The van der Waals surface area contributed by atoms with Crippen LogP contribution < -0.4 is 5.32 Å². The van der Waals surface area contributed by atoms with Crippen molar-refractivity contribution in [1.29, 1.82) is 0 Å². The van der Waals surface area contributed by atoms with Crippen LogP contribution in [-0.2, 0) is 6.42 Å². The second-order valence-electron chi connectivity index (χ2n) is 4.02. The number of rotatable bonds is 3. The van der Waals surface area contributed by atoms with Crippen molar-refractivity contribution < 1.29 is 10.2 Å². The molecule has 0 unspecified atom stereocenters. The number of nitrogens with one attached hydrogen (secondary N) is 1. The summed E-state index contributed by atoms with van der Waals surface area (Å²) in [6.07, 6.45) is 2.89. The molecule has 3 heteroatoms. The normalized spacial score (nSPS) is 20.7. The first kappa shape index (κ1) is 10.5. The van der Waals surface area contributed by atoms with Gasteiger partial charge in [0.2, 0.25) is 0 Å². The highest BCUT2D eigenvalue weighted by Crippen LogP contribution is 2.30. The van der Waals surface area contributed by atoms with Gasteiger partial charge in [0.25, 0.3) is 0 Å². The highest BCUT2D eigenvalue weighted by atomic mass is 16.3. The maximum atomic E-state index is 9.76. The van der Waals surface area contributed by atoms with Gasteiger partial charge in [-0.2, -0.15) is 0 Å². The second kappa shape index (κ2) is 4.64. The van der Waals surface area contributed by atoms with Gasteiger partial charge in [-0.1, -0.05) is 12.1 Å². The SMILES string of the molecule is OCCc1ccc(O)c([C@H]2CCCN2)c1. The van der Waals surface area contributed by atoms with Crippen molar-refractivity contribution >= 4 is 0 Å². The predicted octanol–water partition coefficient (Wildman–Crippen LogP) is 1.35. The average Bonchev–Trinajstić information content (AvgIpc) is 2.74. The van der Waals surface area contributed by atoms with Gasteiger partial charge < -0.3 is 15.5 Å². The first-order chi connectivity index (χ1) is 7.31. The fraction of sp³-hybridized carbons (Fsp3) is 0.500. The smallest absolute Gasteiger partial charge is 0.120 e. The van der Waals surface area contributed by atoms with E-state index < -0.39 is 0 Å². The van der Waals surface area contributed by atoms with Crippen molar-refractivity contribution in [3.8, 4) is 5.75 Å². The summed E-state index contributed by atoms with van der Waals surface area (Å²) in [6.45, 7) is 1.18. The molecular weight excluding hydrogens is 190 g/mol. The molecule has 15 heavy (non-hydrogen) atoms. The van der Waals surface area contributed by atoms with Crippen LogP contribution in [0.1, 0.15) is 30.0 Å². The molecule has 1 saturated heterocycles. The molecule has 0 spiro atoms. The van der Waals surface area contributed by atoms with Crippen LogP contribution in [0.4, 0.5) is 0 Å². The monoisotopic (exact) mass is 207 g/mol. The Morgan fingerprint density at radius 1 is 1.40 bits per heavy atom. The molecule has 3 N–H and O–H groups in total. The molecule has 1 aromatic rings. The molecule has 0 amide bonds. The van der Waals surface area contributed by atoms with E-state index in [0.717, 1.165) is 30.5 Å². The largest absolute Gasteiger partial charge is 0.508 e. The average molecular weight is 207 g/mol. The Hall–Kier alpha value is -1.06. The minimum Gasteiger partial charge on any atom is -0.508 e. The minimum absolute atomic E-state index is 0.155. The molecule has 1 fully saturated rings. The molecule has 3 nitrogen and oxygen atoms in total. The van der Waals surface area contributed by atoms with Crippen LogP contribution in [0.15, 0.2) is 18.2 Å². The summed E-state index contributed by atoms with van der Waals surface area (Å²) >= 11 is 0. The van der Waals surface area contributed by atoms with Crippen molar-refractivity contribution in [3.63, 3.8) is 0 Å². The Morgan fingerprint density at radius 2 is 2.27 bits per heavy atom. The maximum absolute atomic E-state index is 9.76. The van der Waals surface area contributed by atoms with E-state index in [1.165, 1.54) is 0 Å². The zero-order chi connectivity index (χ0) is 10.7. The summed E-state index contributed by atoms with van der Waals surface area (Å²) in [5, 5.41) is 22.0. The standard InChI is InChI=1S/C12H17NO2/c14-7-5-9-3-4-12(15)10(8-9)11-2-1-6-13-11/h3-4,8,11,13-15H,1-2,5-7H2/t11-/m1/s1. The molecule has 1 aliphatic heterocycles. The lowest BCUT2D eigenvalue weighted by molar-refractivity contribution is 0.299. The summed E-state index contributed by atoms with van der Waals surface area (Å²) in [7, 11) is 0. The van der Waals surface area contributed by atoms with Crippen molar-refractivity contribution in [2.75, 3.05) is 13.2 Å². The van der Waals surface area contributed by atoms with Crippen LogP contribution >= 0.6 is 0 Å². The van der Waals surface area contributed by atoms with Crippen LogP contribution in [0, 0.1) is 0 Å². The molecule has 1 aliphatic rings. The quantitative estimate of drug-likeness (QED) is 0.701. The number of aliphatic hydroxyl groups excluding tert-OH is 1. The van der Waals surface area contributed by atoms with E-state index in [4.69, 9.17) is 5.11 Å². The van der Waals surface area contributed by atoms with Gasteiger partial charge in [-0.3, -0.25) is 0 Å². The zero-order valence-electron chi connectivity index (χ0n) is 8.74. The van der Waals surface area contributed by atoms with Crippen LogP contribution in [0.25, 0.3) is 0 Å². The molecule has 1 atom stereocenters. The first-order valence-corrected chi connectivity index (χ1v) is 5.47. The number of hydrogen-bond donors (Lipinski definition) is 3. The Kier molecular flexibility index (Phi) is 3.23. The van der Waals surface area contributed by atoms with Gasteiger partial charge in [0, 0.05) is 18.2 Å². The van der Waals surface area contributed by atoms with Gasteiger partial charge >= 0.3 is 0 Å². The van der Waals surface area contributed by atoms with Crippen molar-refractivity contribution in [1.82, 2.24) is 5.32 Å². The summed E-state index contributed by atoms with van der Waals surface area (Å²) < 4.78 is 0. The fourth-order valence-corrected chi connectivity index (χ4v) is 2.12. The third kappa shape index (κ3) is 2.30. The lowest BCUT2D eigenvalue weighted by atomic mass is 10.0. The van der Waals surface area contributed by atoms with Crippen LogP contribution in [0.3, 0.4) is 0 Å². The first-order valence-electron chi connectivity index (χ1n) is 5.47. The minimum atomic E-state index is 0.155. The highest BCUT2D eigenvalue weighted by molar-refractivity contribution is 5.38. The lowest BCUT2D eigenvalue weighted by Crippen LogP contribution is -2.13. The van der Waals surface area contributed by atoms with Gasteiger partial charge in [0.05, 0.1) is 0 Å². The molecule has 0 saturated carbocycles. The van der Waals surface area contributed by atoms with Crippen LogP contribution in [0.2, 0.25) is 0 Å².